The van der Waals surface area contributed by atoms with Gasteiger partial charge < -0.3 is 9.47 Å². The van der Waals surface area contributed by atoms with Gasteiger partial charge in [-0.2, -0.15) is 0 Å². The van der Waals surface area contributed by atoms with E-state index in [0.717, 1.165) is 22.2 Å². The number of carbonyl (C=O) groups is 3. The average Bonchev–Trinajstić information content (AvgIpc) is 3.00. The van der Waals surface area contributed by atoms with E-state index in [1.807, 2.05) is 0 Å². The van der Waals surface area contributed by atoms with Crippen molar-refractivity contribution in [1.82, 2.24) is 4.90 Å². The Hall–Kier alpha value is -1.71. The summed E-state index contributed by atoms with van der Waals surface area (Å²) in [5.74, 6) is -0.869. The number of thioether (sulfide) groups is 1. The summed E-state index contributed by atoms with van der Waals surface area (Å²) in [7, 11) is 1.19. The van der Waals surface area contributed by atoms with E-state index in [-0.39, 0.29) is 16.5 Å². The topological polar surface area (TPSA) is 72.9 Å². The number of imide groups is 1. The van der Waals surface area contributed by atoms with Crippen LogP contribution in [0.2, 0.25) is 15.1 Å². The van der Waals surface area contributed by atoms with Gasteiger partial charge in [-0.05, 0) is 70.5 Å². The third-order valence-corrected chi connectivity index (χ3v) is 6.80. The lowest BCUT2D eigenvalue weighted by Gasteiger charge is -2.18. The summed E-state index contributed by atoms with van der Waals surface area (Å²) >= 11 is 22.6. The molecule has 0 saturated carbocycles. The Balaban J connectivity index is 1.80. The summed E-state index contributed by atoms with van der Waals surface area (Å²) in [4.78, 5) is 37.7. The van der Waals surface area contributed by atoms with Crippen LogP contribution in [-0.2, 0) is 20.9 Å². The van der Waals surface area contributed by atoms with Gasteiger partial charge in [0.1, 0.15) is 12.6 Å². The average molecular weight is 580 g/mol. The highest BCUT2D eigenvalue weighted by Crippen LogP contribution is 2.38. The van der Waals surface area contributed by atoms with Crippen molar-refractivity contribution in [3.05, 3.63) is 65.9 Å². The highest BCUT2D eigenvalue weighted by atomic mass is 79.9. The quantitative estimate of drug-likeness (QED) is 0.284. The molecule has 0 spiro atoms. The van der Waals surface area contributed by atoms with Gasteiger partial charge >= 0.3 is 5.97 Å². The summed E-state index contributed by atoms with van der Waals surface area (Å²) in [6.07, 6.45) is 1.52. The maximum Gasteiger partial charge on any atom is 0.328 e. The minimum atomic E-state index is -1.02. The number of hydrogen-bond acceptors (Lipinski definition) is 6. The van der Waals surface area contributed by atoms with Crippen molar-refractivity contribution in [2.75, 3.05) is 7.11 Å². The van der Waals surface area contributed by atoms with Crippen LogP contribution < -0.4 is 4.74 Å². The lowest BCUT2D eigenvalue weighted by Crippen LogP contribution is -2.42. The van der Waals surface area contributed by atoms with Crippen molar-refractivity contribution < 1.29 is 23.9 Å². The van der Waals surface area contributed by atoms with E-state index >= 15 is 0 Å². The fraction of sp³-hybridized carbons (Fsp3) is 0.190. The number of carbonyl (C=O) groups excluding carboxylic acids is 3. The fourth-order valence-corrected chi connectivity index (χ4v) is 5.19. The molecule has 1 atom stereocenters. The molecule has 1 heterocycles. The number of ether oxygens (including phenoxy) is 2. The standard InChI is InChI=1S/C21H15BrCl3NO5S/c1-10(20(28)30-2)26-19(27)17(32-21(26)29)7-11-5-14(22)18(16(25)6-11)31-9-12-3-4-13(23)8-15(12)24/h3-8,10H,9H2,1-2H3/b17-7+/t10-/m0/s1. The molecule has 32 heavy (non-hydrogen) atoms. The van der Waals surface area contributed by atoms with Gasteiger partial charge in [-0.3, -0.25) is 14.5 Å². The number of benzene rings is 2. The molecule has 6 nitrogen and oxygen atoms in total. The molecule has 0 unspecified atom stereocenters. The summed E-state index contributed by atoms with van der Waals surface area (Å²) in [5.41, 5.74) is 1.30. The van der Waals surface area contributed by atoms with Gasteiger partial charge in [0.05, 0.1) is 21.5 Å². The van der Waals surface area contributed by atoms with Crippen LogP contribution in [0, 0.1) is 0 Å². The molecular formula is C21H15BrCl3NO5S. The molecule has 2 aromatic carbocycles. The molecule has 11 heteroatoms. The smallest absolute Gasteiger partial charge is 0.328 e. The second kappa shape index (κ2) is 10.5. The number of hydrogen-bond donors (Lipinski definition) is 0. The van der Waals surface area contributed by atoms with Crippen molar-refractivity contribution in [3.63, 3.8) is 0 Å². The van der Waals surface area contributed by atoms with Crippen molar-refractivity contribution in [3.8, 4) is 5.75 Å². The number of nitrogens with zero attached hydrogens (tertiary/aromatic N) is 1. The van der Waals surface area contributed by atoms with E-state index < -0.39 is 23.2 Å². The van der Waals surface area contributed by atoms with Crippen LogP contribution in [0.25, 0.3) is 6.08 Å². The Morgan fingerprint density at radius 1 is 1.19 bits per heavy atom. The van der Waals surface area contributed by atoms with E-state index in [1.54, 1.807) is 30.3 Å². The number of methoxy groups -OCH3 is 1. The molecule has 2 amide bonds. The Kier molecular flexibility index (Phi) is 8.16. The van der Waals surface area contributed by atoms with Crippen molar-refractivity contribution in [1.29, 1.82) is 0 Å². The second-order valence-corrected chi connectivity index (χ2v) is 9.69. The minimum absolute atomic E-state index is 0.162. The molecule has 0 aliphatic carbocycles. The Bertz CT molecular complexity index is 1120. The van der Waals surface area contributed by atoms with E-state index in [2.05, 4.69) is 20.7 Å². The van der Waals surface area contributed by atoms with Crippen LogP contribution in [0.3, 0.4) is 0 Å². The van der Waals surface area contributed by atoms with Crippen LogP contribution in [0.4, 0.5) is 4.79 Å². The maximum atomic E-state index is 12.7. The number of esters is 1. The zero-order valence-corrected chi connectivity index (χ0v) is 21.3. The summed E-state index contributed by atoms with van der Waals surface area (Å²) < 4.78 is 11.0. The first-order valence-electron chi connectivity index (χ1n) is 9.03. The monoisotopic (exact) mass is 577 g/mol. The summed E-state index contributed by atoms with van der Waals surface area (Å²) in [6.45, 7) is 1.59. The van der Waals surface area contributed by atoms with Gasteiger partial charge in [0.15, 0.2) is 5.75 Å². The zero-order chi connectivity index (χ0) is 23.6. The molecule has 2 aromatic rings. The predicted molar refractivity (Wildman–Crippen MR) is 129 cm³/mol. The molecule has 0 aromatic heterocycles. The minimum Gasteiger partial charge on any atom is -0.486 e. The molecule has 1 aliphatic rings. The van der Waals surface area contributed by atoms with E-state index in [0.29, 0.717) is 25.8 Å². The molecule has 0 radical (unpaired) electrons. The lowest BCUT2D eigenvalue weighted by atomic mass is 10.2. The van der Waals surface area contributed by atoms with Gasteiger partial charge in [-0.1, -0.05) is 40.9 Å². The SMILES string of the molecule is COC(=O)[C@H](C)N1C(=O)S/C(=C/c2cc(Cl)c(OCc3ccc(Cl)cc3Cl)c(Br)c2)C1=O. The molecule has 1 saturated heterocycles. The van der Waals surface area contributed by atoms with Crippen LogP contribution in [0.15, 0.2) is 39.7 Å². The van der Waals surface area contributed by atoms with Crippen molar-refractivity contribution in [2.45, 2.75) is 19.6 Å². The molecule has 0 N–H and O–H groups in total. The van der Waals surface area contributed by atoms with Crippen molar-refractivity contribution >= 4 is 85.7 Å². The highest BCUT2D eigenvalue weighted by molar-refractivity contribution is 9.10. The van der Waals surface area contributed by atoms with Crippen LogP contribution in [0.1, 0.15) is 18.1 Å². The number of rotatable bonds is 6. The predicted octanol–water partition coefficient (Wildman–Crippen LogP) is 6.59. The summed E-state index contributed by atoms with van der Waals surface area (Å²) in [6, 6.07) is 7.36. The van der Waals surface area contributed by atoms with Gasteiger partial charge in [0.2, 0.25) is 0 Å². The van der Waals surface area contributed by atoms with Crippen LogP contribution >= 0.6 is 62.5 Å². The lowest BCUT2D eigenvalue weighted by molar-refractivity contribution is -0.148. The molecule has 0 bridgehead atoms. The summed E-state index contributed by atoms with van der Waals surface area (Å²) in [5, 5.41) is 0.730. The molecule has 1 fully saturated rings. The third-order valence-electron chi connectivity index (χ3n) is 4.46. The van der Waals surface area contributed by atoms with Gasteiger partial charge in [0.25, 0.3) is 11.1 Å². The molecule has 168 valence electrons. The first-order valence-corrected chi connectivity index (χ1v) is 11.8. The first kappa shape index (κ1) is 24.9. The van der Waals surface area contributed by atoms with E-state index in [4.69, 9.17) is 39.5 Å². The van der Waals surface area contributed by atoms with E-state index in [9.17, 15) is 14.4 Å². The van der Waals surface area contributed by atoms with Gasteiger partial charge in [0, 0.05) is 15.6 Å². The normalized spacial score (nSPS) is 15.9. The Morgan fingerprint density at radius 3 is 2.53 bits per heavy atom. The Labute approximate surface area is 211 Å². The van der Waals surface area contributed by atoms with Gasteiger partial charge in [-0.25, -0.2) is 4.79 Å². The number of amides is 2. The fourth-order valence-electron chi connectivity index (χ4n) is 2.83. The van der Waals surface area contributed by atoms with Gasteiger partial charge in [-0.15, -0.1) is 0 Å². The first-order chi connectivity index (χ1) is 15.1. The van der Waals surface area contributed by atoms with E-state index in [1.165, 1.54) is 20.1 Å². The van der Waals surface area contributed by atoms with Crippen LogP contribution in [0.5, 0.6) is 5.75 Å². The largest absolute Gasteiger partial charge is 0.486 e. The highest BCUT2D eigenvalue weighted by Gasteiger charge is 2.41. The molecule has 3 rings (SSSR count). The molecule has 1 aliphatic heterocycles. The zero-order valence-electron chi connectivity index (χ0n) is 16.7. The third kappa shape index (κ3) is 5.43. The van der Waals surface area contributed by atoms with Crippen molar-refractivity contribution in [2.24, 2.45) is 0 Å². The maximum absolute atomic E-state index is 12.7. The Morgan fingerprint density at radius 2 is 1.91 bits per heavy atom. The van der Waals surface area contributed by atoms with Crippen LogP contribution in [-0.4, -0.2) is 35.2 Å². The molecular weight excluding hydrogens is 565 g/mol. The number of halogens is 4. The second-order valence-electron chi connectivity index (χ2n) is 6.59.